The van der Waals surface area contributed by atoms with Gasteiger partial charge in [-0.2, -0.15) is 0 Å². The molecular formula is C26H24BrN3OS. The van der Waals surface area contributed by atoms with Crippen molar-refractivity contribution in [1.82, 2.24) is 9.97 Å². The molecule has 1 unspecified atom stereocenters. The maximum Gasteiger partial charge on any atom is 0.153 e. The van der Waals surface area contributed by atoms with Gasteiger partial charge in [-0.05, 0) is 71.9 Å². The number of halogens is 1. The van der Waals surface area contributed by atoms with Gasteiger partial charge in [0, 0.05) is 20.8 Å². The van der Waals surface area contributed by atoms with Crippen LogP contribution in [0.4, 0.5) is 5.69 Å². The number of aromatic nitrogens is 2. The minimum Gasteiger partial charge on any atom is -0.356 e. The Balaban J connectivity index is 1.63. The molecular weight excluding hydrogens is 482 g/mol. The summed E-state index contributed by atoms with van der Waals surface area (Å²) in [5, 5.41) is 0. The summed E-state index contributed by atoms with van der Waals surface area (Å²) in [7, 11) is 0. The first kappa shape index (κ1) is 21.2. The number of anilines is 1. The number of rotatable bonds is 4. The molecule has 4 aromatic rings. The number of aryl methyl sites for hydroxylation is 3. The second kappa shape index (κ2) is 8.01. The summed E-state index contributed by atoms with van der Waals surface area (Å²) < 4.78 is 0.971. The van der Waals surface area contributed by atoms with Crippen LogP contribution in [0.3, 0.4) is 0 Å². The van der Waals surface area contributed by atoms with E-state index in [1.165, 1.54) is 11.1 Å². The number of hydrogen-bond donors (Lipinski definition) is 1. The number of aromatic amines is 1. The smallest absolute Gasteiger partial charge is 0.153 e. The Hall–Kier alpha value is -2.70. The minimum atomic E-state index is 0.0152. The average molecular weight is 506 g/mol. The molecule has 2 aromatic heterocycles. The summed E-state index contributed by atoms with van der Waals surface area (Å²) in [5.41, 5.74) is 8.40. The van der Waals surface area contributed by atoms with Crippen LogP contribution in [0.1, 0.15) is 44.6 Å². The van der Waals surface area contributed by atoms with Crippen molar-refractivity contribution in [2.45, 2.75) is 33.2 Å². The lowest BCUT2D eigenvalue weighted by atomic mass is 10.0. The van der Waals surface area contributed by atoms with Gasteiger partial charge in [-0.1, -0.05) is 36.4 Å². The number of imidazole rings is 1. The number of thiophene rings is 1. The molecule has 4 nitrogen and oxygen atoms in total. The van der Waals surface area contributed by atoms with Crippen LogP contribution < -0.4 is 4.90 Å². The van der Waals surface area contributed by atoms with Gasteiger partial charge in [0.15, 0.2) is 6.29 Å². The van der Waals surface area contributed by atoms with Gasteiger partial charge in [0.1, 0.15) is 11.3 Å². The van der Waals surface area contributed by atoms with Gasteiger partial charge in [-0.15, -0.1) is 11.3 Å². The SMILES string of the molecule is C=C1CC(c2nc3c(Br)cccc3[nH]2)N(c2c(C)sc(-c3ccc(C)c(C)c3)c2C=O)C1. The maximum atomic E-state index is 12.4. The highest BCUT2D eigenvalue weighted by Crippen LogP contribution is 2.47. The molecule has 0 amide bonds. The second-order valence-electron chi connectivity index (χ2n) is 8.52. The first-order valence-corrected chi connectivity index (χ1v) is 12.2. The molecule has 1 fully saturated rings. The Bertz CT molecular complexity index is 1380. The number of hydrogen-bond acceptors (Lipinski definition) is 4. The summed E-state index contributed by atoms with van der Waals surface area (Å²) >= 11 is 5.29. The fourth-order valence-electron chi connectivity index (χ4n) is 4.57. The molecule has 5 rings (SSSR count). The Kier molecular flexibility index (Phi) is 5.30. The molecule has 1 aliphatic rings. The van der Waals surface area contributed by atoms with Crippen LogP contribution in [0, 0.1) is 20.8 Å². The zero-order valence-corrected chi connectivity index (χ0v) is 20.7. The molecule has 2 aromatic carbocycles. The Labute approximate surface area is 200 Å². The number of aldehydes is 1. The highest BCUT2D eigenvalue weighted by Gasteiger charge is 2.35. The van der Waals surface area contributed by atoms with Crippen LogP contribution in [0.2, 0.25) is 0 Å². The quantitative estimate of drug-likeness (QED) is 0.233. The van der Waals surface area contributed by atoms with Crippen LogP contribution in [0.15, 0.2) is 53.0 Å². The standard InChI is InChI=1S/C26H24BrN3OS/c1-14-10-22(26-28-21-7-5-6-20(27)23(21)29-26)30(12-14)24-17(4)32-25(19(24)13-31)18-9-8-15(2)16(3)11-18/h5-9,11,13,22H,1,10,12H2,2-4H3,(H,28,29). The first-order valence-electron chi connectivity index (χ1n) is 10.6. The Morgan fingerprint density at radius 2 is 2.03 bits per heavy atom. The lowest BCUT2D eigenvalue weighted by Gasteiger charge is -2.25. The normalized spacial score (nSPS) is 16.3. The molecule has 6 heteroatoms. The van der Waals surface area contributed by atoms with Gasteiger partial charge >= 0.3 is 0 Å². The third-order valence-corrected chi connectivity index (χ3v) is 8.11. The van der Waals surface area contributed by atoms with Crippen molar-refractivity contribution < 1.29 is 4.79 Å². The first-order chi connectivity index (χ1) is 15.4. The van der Waals surface area contributed by atoms with Crippen molar-refractivity contribution in [1.29, 1.82) is 0 Å². The summed E-state index contributed by atoms with van der Waals surface area (Å²) in [5.74, 6) is 0.903. The van der Waals surface area contributed by atoms with E-state index >= 15 is 0 Å². The zero-order valence-electron chi connectivity index (χ0n) is 18.3. The van der Waals surface area contributed by atoms with Crippen LogP contribution >= 0.6 is 27.3 Å². The van der Waals surface area contributed by atoms with Crippen LogP contribution in [0.5, 0.6) is 0 Å². The van der Waals surface area contributed by atoms with Gasteiger partial charge < -0.3 is 9.88 Å². The molecule has 1 saturated heterocycles. The molecule has 1 aliphatic heterocycles. The largest absolute Gasteiger partial charge is 0.356 e. The summed E-state index contributed by atoms with van der Waals surface area (Å²) in [4.78, 5) is 25.2. The second-order valence-corrected chi connectivity index (χ2v) is 10.6. The number of fused-ring (bicyclic) bond motifs is 1. The van der Waals surface area contributed by atoms with E-state index in [0.29, 0.717) is 6.54 Å². The highest BCUT2D eigenvalue weighted by atomic mass is 79.9. The fraction of sp³-hybridized carbons (Fsp3) is 0.231. The number of carbonyl (C=O) groups excluding carboxylic acids is 1. The molecule has 162 valence electrons. The van der Waals surface area contributed by atoms with E-state index in [1.54, 1.807) is 11.3 Å². The average Bonchev–Trinajstić information content (AvgIpc) is 3.44. The van der Waals surface area contributed by atoms with Gasteiger partial charge in [0.2, 0.25) is 0 Å². The lowest BCUT2D eigenvalue weighted by molar-refractivity contribution is 0.112. The number of nitrogens with zero attached hydrogens (tertiary/aromatic N) is 2. The van der Waals surface area contributed by atoms with Crippen molar-refractivity contribution in [2.75, 3.05) is 11.4 Å². The van der Waals surface area contributed by atoms with Crippen LogP contribution in [-0.2, 0) is 0 Å². The molecule has 0 aliphatic carbocycles. The molecule has 1 atom stereocenters. The molecule has 3 heterocycles. The summed E-state index contributed by atoms with van der Waals surface area (Å²) in [6.07, 6.45) is 1.82. The van der Waals surface area contributed by atoms with E-state index in [-0.39, 0.29) is 6.04 Å². The summed E-state index contributed by atoms with van der Waals surface area (Å²) in [6, 6.07) is 12.5. The molecule has 0 bridgehead atoms. The predicted molar refractivity (Wildman–Crippen MR) is 137 cm³/mol. The number of para-hydroxylation sites is 1. The van der Waals surface area contributed by atoms with E-state index in [9.17, 15) is 4.79 Å². The van der Waals surface area contributed by atoms with Gasteiger partial charge in [-0.3, -0.25) is 4.79 Å². The zero-order chi connectivity index (χ0) is 22.6. The lowest BCUT2D eigenvalue weighted by Crippen LogP contribution is -2.24. The van der Waals surface area contributed by atoms with E-state index in [4.69, 9.17) is 4.98 Å². The number of benzene rings is 2. The van der Waals surface area contributed by atoms with Crippen molar-refractivity contribution in [3.05, 3.63) is 80.4 Å². The topological polar surface area (TPSA) is 49.0 Å². The van der Waals surface area contributed by atoms with E-state index in [2.05, 4.69) is 71.4 Å². The third kappa shape index (κ3) is 3.42. The Morgan fingerprint density at radius 1 is 1.22 bits per heavy atom. The van der Waals surface area contributed by atoms with Crippen molar-refractivity contribution in [3.63, 3.8) is 0 Å². The fourth-order valence-corrected chi connectivity index (χ4v) is 6.15. The number of nitrogens with one attached hydrogen (secondary N) is 1. The Morgan fingerprint density at radius 3 is 2.75 bits per heavy atom. The maximum absolute atomic E-state index is 12.4. The molecule has 1 N–H and O–H groups in total. The van der Waals surface area contributed by atoms with Gasteiger partial charge in [0.05, 0.1) is 22.8 Å². The minimum absolute atomic E-state index is 0.0152. The van der Waals surface area contributed by atoms with Gasteiger partial charge in [-0.25, -0.2) is 4.98 Å². The van der Waals surface area contributed by atoms with Crippen molar-refractivity contribution in [3.8, 4) is 10.4 Å². The molecule has 32 heavy (non-hydrogen) atoms. The van der Waals surface area contributed by atoms with Gasteiger partial charge in [0.25, 0.3) is 0 Å². The third-order valence-electron chi connectivity index (χ3n) is 6.31. The van der Waals surface area contributed by atoms with Crippen molar-refractivity contribution >= 4 is 50.3 Å². The summed E-state index contributed by atoms with van der Waals surface area (Å²) in [6.45, 7) is 11.3. The van der Waals surface area contributed by atoms with E-state index in [0.717, 1.165) is 66.2 Å². The molecule has 0 spiro atoms. The molecule has 0 saturated carbocycles. The van der Waals surface area contributed by atoms with E-state index < -0.39 is 0 Å². The highest BCUT2D eigenvalue weighted by molar-refractivity contribution is 9.10. The van der Waals surface area contributed by atoms with E-state index in [1.807, 2.05) is 18.2 Å². The number of H-pyrrole nitrogens is 1. The van der Waals surface area contributed by atoms with Crippen molar-refractivity contribution in [2.24, 2.45) is 0 Å². The van der Waals surface area contributed by atoms with Crippen LogP contribution in [0.25, 0.3) is 21.5 Å². The van der Waals surface area contributed by atoms with Crippen LogP contribution in [-0.4, -0.2) is 22.8 Å². The molecule has 0 radical (unpaired) electrons. The monoisotopic (exact) mass is 505 g/mol. The number of carbonyl (C=O) groups is 1. The predicted octanol–water partition coefficient (Wildman–Crippen LogP) is 7.30.